The molecule has 90 valence electrons. The molecule has 0 saturated heterocycles. The van der Waals surface area contributed by atoms with Gasteiger partial charge in [-0.05, 0) is 38.9 Å². The van der Waals surface area contributed by atoms with Crippen molar-refractivity contribution in [3.05, 3.63) is 21.9 Å². The summed E-state index contributed by atoms with van der Waals surface area (Å²) in [5.41, 5.74) is 5.38. The normalized spacial score (nSPS) is 14.0. The van der Waals surface area contributed by atoms with E-state index in [9.17, 15) is 0 Å². The molecule has 4 nitrogen and oxygen atoms in total. The molecule has 0 spiro atoms. The van der Waals surface area contributed by atoms with Gasteiger partial charge in [0.2, 0.25) is 0 Å². The monoisotopic (exact) mass is 241 g/mol. The van der Waals surface area contributed by atoms with Gasteiger partial charge in [-0.3, -0.25) is 0 Å². The first kappa shape index (κ1) is 13.0. The fourth-order valence-corrected chi connectivity index (χ4v) is 2.33. The molecule has 0 fully saturated rings. The molecule has 4 N–H and O–H groups in total. The molecule has 0 bridgehead atoms. The van der Waals surface area contributed by atoms with Crippen LogP contribution in [0.3, 0.4) is 0 Å². The van der Waals surface area contributed by atoms with Crippen LogP contribution in [0.25, 0.3) is 0 Å². The molecule has 16 heavy (non-hydrogen) atoms. The number of nitrogens with zero attached hydrogens (tertiary/aromatic N) is 1. The lowest BCUT2D eigenvalue weighted by Crippen LogP contribution is -2.21. The molecular weight excluding hydrogens is 222 g/mol. The van der Waals surface area contributed by atoms with Crippen molar-refractivity contribution in [3.8, 4) is 0 Å². The SMILES string of the molecule is Cc1ccc(C(C)NCCCC(N)=NO)s1. The molecule has 0 radical (unpaired) electrons. The van der Waals surface area contributed by atoms with Gasteiger partial charge >= 0.3 is 0 Å². The lowest BCUT2D eigenvalue weighted by molar-refractivity contribution is 0.316. The fraction of sp³-hybridized carbons (Fsp3) is 0.545. The highest BCUT2D eigenvalue weighted by Crippen LogP contribution is 2.21. The smallest absolute Gasteiger partial charge is 0.139 e. The quantitative estimate of drug-likeness (QED) is 0.235. The molecule has 1 aromatic heterocycles. The Hall–Kier alpha value is -1.07. The molecule has 0 saturated carbocycles. The standard InChI is InChI=1S/C11H19N3OS/c1-8-5-6-10(16-8)9(2)13-7-3-4-11(12)14-15/h5-6,9,13,15H,3-4,7H2,1-2H3,(H2,12,14). The molecule has 1 heterocycles. The number of rotatable bonds is 6. The van der Waals surface area contributed by atoms with Crippen LogP contribution in [0.4, 0.5) is 0 Å². The van der Waals surface area contributed by atoms with Crippen LogP contribution in [0.5, 0.6) is 0 Å². The van der Waals surface area contributed by atoms with Gasteiger partial charge in [0, 0.05) is 22.2 Å². The van der Waals surface area contributed by atoms with E-state index in [1.807, 2.05) is 11.3 Å². The second-order valence-electron chi connectivity index (χ2n) is 3.82. The Morgan fingerprint density at radius 2 is 2.38 bits per heavy atom. The van der Waals surface area contributed by atoms with E-state index in [0.29, 0.717) is 18.3 Å². The number of amidine groups is 1. The van der Waals surface area contributed by atoms with Crippen molar-refractivity contribution < 1.29 is 5.21 Å². The second kappa shape index (κ2) is 6.50. The van der Waals surface area contributed by atoms with Crippen molar-refractivity contribution in [2.24, 2.45) is 10.9 Å². The average Bonchev–Trinajstić information content (AvgIpc) is 2.70. The molecule has 0 aliphatic carbocycles. The lowest BCUT2D eigenvalue weighted by Gasteiger charge is -2.11. The summed E-state index contributed by atoms with van der Waals surface area (Å²) < 4.78 is 0. The summed E-state index contributed by atoms with van der Waals surface area (Å²) in [6.07, 6.45) is 1.50. The van der Waals surface area contributed by atoms with Crippen LogP contribution in [-0.2, 0) is 0 Å². The van der Waals surface area contributed by atoms with E-state index in [0.717, 1.165) is 13.0 Å². The molecule has 5 heteroatoms. The van der Waals surface area contributed by atoms with Crippen molar-refractivity contribution in [2.75, 3.05) is 6.54 Å². The first-order valence-electron chi connectivity index (χ1n) is 5.39. The zero-order chi connectivity index (χ0) is 12.0. The van der Waals surface area contributed by atoms with E-state index < -0.39 is 0 Å². The Labute approximate surface area is 100 Å². The Kier molecular flexibility index (Phi) is 5.28. The lowest BCUT2D eigenvalue weighted by atomic mass is 10.2. The minimum Gasteiger partial charge on any atom is -0.409 e. The van der Waals surface area contributed by atoms with Gasteiger partial charge in [-0.1, -0.05) is 5.16 Å². The van der Waals surface area contributed by atoms with E-state index in [1.165, 1.54) is 9.75 Å². The van der Waals surface area contributed by atoms with Crippen LogP contribution in [-0.4, -0.2) is 17.6 Å². The number of nitrogens with two attached hydrogens (primary N) is 1. The highest BCUT2D eigenvalue weighted by Gasteiger charge is 2.06. The summed E-state index contributed by atoms with van der Waals surface area (Å²) >= 11 is 1.81. The average molecular weight is 241 g/mol. The predicted octanol–water partition coefficient (Wildman–Crippen LogP) is 2.23. The number of hydrogen-bond acceptors (Lipinski definition) is 4. The third-order valence-corrected chi connectivity index (χ3v) is 3.56. The Balaban J connectivity index is 2.23. The van der Waals surface area contributed by atoms with Gasteiger partial charge in [0.1, 0.15) is 5.84 Å². The maximum atomic E-state index is 8.37. The zero-order valence-corrected chi connectivity index (χ0v) is 10.5. The van der Waals surface area contributed by atoms with E-state index in [1.54, 1.807) is 0 Å². The first-order valence-corrected chi connectivity index (χ1v) is 6.21. The molecule has 0 aromatic carbocycles. The van der Waals surface area contributed by atoms with Crippen LogP contribution in [0.2, 0.25) is 0 Å². The highest BCUT2D eigenvalue weighted by molar-refractivity contribution is 7.12. The van der Waals surface area contributed by atoms with Crippen molar-refractivity contribution in [1.29, 1.82) is 0 Å². The molecule has 0 aliphatic rings. The van der Waals surface area contributed by atoms with Crippen LogP contribution in [0.15, 0.2) is 17.3 Å². The van der Waals surface area contributed by atoms with Gasteiger partial charge in [-0.2, -0.15) is 0 Å². The van der Waals surface area contributed by atoms with Gasteiger partial charge in [0.15, 0.2) is 0 Å². The van der Waals surface area contributed by atoms with Gasteiger partial charge in [0.25, 0.3) is 0 Å². The maximum absolute atomic E-state index is 8.37. The van der Waals surface area contributed by atoms with Crippen LogP contribution >= 0.6 is 11.3 Å². The molecule has 1 aromatic rings. The minimum atomic E-state index is 0.293. The Morgan fingerprint density at radius 3 is 2.94 bits per heavy atom. The largest absolute Gasteiger partial charge is 0.409 e. The molecule has 1 rings (SSSR count). The number of nitrogens with one attached hydrogen (secondary N) is 1. The van der Waals surface area contributed by atoms with E-state index in [-0.39, 0.29) is 0 Å². The van der Waals surface area contributed by atoms with Gasteiger partial charge in [-0.25, -0.2) is 0 Å². The fourth-order valence-electron chi connectivity index (χ4n) is 1.42. The van der Waals surface area contributed by atoms with Crippen LogP contribution < -0.4 is 11.1 Å². The van der Waals surface area contributed by atoms with Crippen LogP contribution in [0, 0.1) is 6.92 Å². The van der Waals surface area contributed by atoms with Crippen molar-refractivity contribution >= 4 is 17.2 Å². The third kappa shape index (κ3) is 4.20. The molecule has 1 atom stereocenters. The topological polar surface area (TPSA) is 70.6 Å². The first-order chi connectivity index (χ1) is 7.63. The summed E-state index contributed by atoms with van der Waals surface area (Å²) in [4.78, 5) is 2.68. The Bertz CT molecular complexity index is 349. The van der Waals surface area contributed by atoms with E-state index in [4.69, 9.17) is 10.9 Å². The summed E-state index contributed by atoms with van der Waals surface area (Å²) in [5, 5.41) is 14.7. The van der Waals surface area contributed by atoms with Gasteiger partial charge < -0.3 is 16.3 Å². The van der Waals surface area contributed by atoms with Crippen molar-refractivity contribution in [3.63, 3.8) is 0 Å². The molecule has 1 unspecified atom stereocenters. The number of thiophene rings is 1. The summed E-state index contributed by atoms with van der Waals surface area (Å²) in [7, 11) is 0. The predicted molar refractivity (Wildman–Crippen MR) is 68.1 cm³/mol. The van der Waals surface area contributed by atoms with E-state index in [2.05, 4.69) is 36.5 Å². The summed E-state index contributed by atoms with van der Waals surface area (Å²) in [5.74, 6) is 0.293. The summed E-state index contributed by atoms with van der Waals surface area (Å²) in [6.45, 7) is 5.13. The number of hydrogen-bond donors (Lipinski definition) is 3. The highest BCUT2D eigenvalue weighted by atomic mass is 32.1. The minimum absolute atomic E-state index is 0.293. The van der Waals surface area contributed by atoms with Crippen molar-refractivity contribution in [2.45, 2.75) is 32.7 Å². The molecule has 0 amide bonds. The summed E-state index contributed by atoms with van der Waals surface area (Å²) in [6, 6.07) is 4.65. The van der Waals surface area contributed by atoms with Gasteiger partial charge in [-0.15, -0.1) is 11.3 Å². The van der Waals surface area contributed by atoms with Crippen molar-refractivity contribution in [1.82, 2.24) is 5.32 Å². The number of oxime groups is 1. The van der Waals surface area contributed by atoms with Crippen LogP contribution in [0.1, 0.15) is 35.6 Å². The van der Waals surface area contributed by atoms with E-state index >= 15 is 0 Å². The molecular formula is C11H19N3OS. The Morgan fingerprint density at radius 1 is 1.62 bits per heavy atom. The molecule has 0 aliphatic heterocycles. The number of aryl methyl sites for hydroxylation is 1. The zero-order valence-electron chi connectivity index (χ0n) is 9.73. The third-order valence-electron chi connectivity index (χ3n) is 2.38. The maximum Gasteiger partial charge on any atom is 0.139 e. The van der Waals surface area contributed by atoms with Gasteiger partial charge in [0.05, 0.1) is 0 Å². The second-order valence-corrected chi connectivity index (χ2v) is 5.14.